The number of hydrogen-bond acceptors (Lipinski definition) is 2. The molecule has 2 aromatic carbocycles. The van der Waals surface area contributed by atoms with Crippen LogP contribution in [0.15, 0.2) is 59.3 Å². The molecule has 0 radical (unpaired) electrons. The molecule has 1 unspecified atom stereocenters. The summed E-state index contributed by atoms with van der Waals surface area (Å²) in [6, 6.07) is 13.2. The summed E-state index contributed by atoms with van der Waals surface area (Å²) in [6.45, 7) is 0. The summed E-state index contributed by atoms with van der Waals surface area (Å²) < 4.78 is 0.848. The van der Waals surface area contributed by atoms with Gasteiger partial charge in [-0.3, -0.25) is 4.98 Å². The minimum Gasteiger partial charge on any atom is -0.384 e. The molecule has 100 valence electrons. The predicted molar refractivity (Wildman–Crippen MR) is 85.0 cm³/mol. The normalized spacial score (nSPS) is 12.6. The van der Waals surface area contributed by atoms with E-state index < -0.39 is 6.10 Å². The number of halogens is 2. The zero-order chi connectivity index (χ0) is 14.1. The summed E-state index contributed by atoms with van der Waals surface area (Å²) in [5.41, 5.74) is 1.60. The van der Waals surface area contributed by atoms with Crippen molar-refractivity contribution in [2.24, 2.45) is 0 Å². The molecule has 2 nitrogen and oxygen atoms in total. The number of rotatable bonds is 2. The second kappa shape index (κ2) is 5.52. The fraction of sp³-hybridized carbons (Fsp3) is 0.0625. The minimum absolute atomic E-state index is 0.593. The van der Waals surface area contributed by atoms with E-state index in [1.165, 1.54) is 0 Å². The van der Waals surface area contributed by atoms with Crippen LogP contribution in [-0.2, 0) is 0 Å². The zero-order valence-electron chi connectivity index (χ0n) is 10.4. The van der Waals surface area contributed by atoms with Crippen LogP contribution in [0.25, 0.3) is 10.8 Å². The van der Waals surface area contributed by atoms with Crippen LogP contribution in [0.2, 0.25) is 5.02 Å². The Morgan fingerprint density at radius 1 is 1.15 bits per heavy atom. The second-order valence-electron chi connectivity index (χ2n) is 4.55. The number of benzene rings is 2. The fourth-order valence-electron chi connectivity index (χ4n) is 2.30. The van der Waals surface area contributed by atoms with Crippen LogP contribution in [0.3, 0.4) is 0 Å². The highest BCUT2D eigenvalue weighted by Crippen LogP contribution is 2.31. The first kappa shape index (κ1) is 13.6. The number of fused-ring (bicyclic) bond motifs is 1. The third-order valence-electron chi connectivity index (χ3n) is 3.21. The van der Waals surface area contributed by atoms with Gasteiger partial charge in [-0.2, -0.15) is 0 Å². The first-order chi connectivity index (χ1) is 9.65. The van der Waals surface area contributed by atoms with Crippen LogP contribution >= 0.6 is 27.5 Å². The SMILES string of the molecule is OC(c1cc(Cl)cc(Br)c1)c1cccc2cnccc12. The molecule has 3 rings (SSSR count). The zero-order valence-corrected chi connectivity index (χ0v) is 12.8. The van der Waals surface area contributed by atoms with Gasteiger partial charge in [0, 0.05) is 27.3 Å². The smallest absolute Gasteiger partial charge is 0.105 e. The average molecular weight is 349 g/mol. The van der Waals surface area contributed by atoms with Crippen molar-refractivity contribution in [1.29, 1.82) is 0 Å². The number of pyridine rings is 1. The lowest BCUT2D eigenvalue weighted by Gasteiger charge is -2.15. The number of hydrogen-bond donors (Lipinski definition) is 1. The Morgan fingerprint density at radius 3 is 2.80 bits per heavy atom. The van der Waals surface area contributed by atoms with Crippen LogP contribution in [0, 0.1) is 0 Å². The third-order valence-corrected chi connectivity index (χ3v) is 3.89. The summed E-state index contributed by atoms with van der Waals surface area (Å²) in [4.78, 5) is 4.10. The molecule has 4 heteroatoms. The lowest BCUT2D eigenvalue weighted by molar-refractivity contribution is 0.222. The van der Waals surface area contributed by atoms with Crippen LogP contribution in [0.5, 0.6) is 0 Å². The molecular weight excluding hydrogens is 338 g/mol. The van der Waals surface area contributed by atoms with Gasteiger partial charge in [0.1, 0.15) is 6.10 Å². The van der Waals surface area contributed by atoms with Gasteiger partial charge in [0.2, 0.25) is 0 Å². The molecule has 0 spiro atoms. The van der Waals surface area contributed by atoms with Crippen molar-refractivity contribution in [3.05, 3.63) is 75.5 Å². The van der Waals surface area contributed by atoms with Crippen LogP contribution in [-0.4, -0.2) is 10.1 Å². The van der Waals surface area contributed by atoms with Crippen LogP contribution in [0.4, 0.5) is 0 Å². The Hall–Kier alpha value is -1.42. The predicted octanol–water partition coefficient (Wildman–Crippen LogP) is 4.73. The largest absolute Gasteiger partial charge is 0.384 e. The Labute approximate surface area is 130 Å². The summed E-state index contributed by atoms with van der Waals surface area (Å²) in [5, 5.41) is 13.2. The quantitative estimate of drug-likeness (QED) is 0.726. The third kappa shape index (κ3) is 2.57. The lowest BCUT2D eigenvalue weighted by atomic mass is 9.97. The van der Waals surface area contributed by atoms with Crippen molar-refractivity contribution >= 4 is 38.3 Å². The van der Waals surface area contributed by atoms with Gasteiger partial charge < -0.3 is 5.11 Å². The first-order valence-corrected chi connectivity index (χ1v) is 7.29. The highest BCUT2D eigenvalue weighted by atomic mass is 79.9. The van der Waals surface area contributed by atoms with Gasteiger partial charge in [0.25, 0.3) is 0 Å². The Bertz CT molecular complexity index is 750. The monoisotopic (exact) mass is 347 g/mol. The van der Waals surface area contributed by atoms with Crippen LogP contribution in [0.1, 0.15) is 17.2 Å². The van der Waals surface area contributed by atoms with E-state index >= 15 is 0 Å². The van der Waals surface area contributed by atoms with Gasteiger partial charge in [-0.25, -0.2) is 0 Å². The summed E-state index contributed by atoms with van der Waals surface area (Å²) >= 11 is 9.45. The van der Waals surface area contributed by atoms with Crippen molar-refractivity contribution in [2.75, 3.05) is 0 Å². The summed E-state index contributed by atoms with van der Waals surface area (Å²) in [6.07, 6.45) is 2.79. The van der Waals surface area contributed by atoms with Crippen LogP contribution < -0.4 is 0 Å². The fourth-order valence-corrected chi connectivity index (χ4v) is 3.18. The second-order valence-corrected chi connectivity index (χ2v) is 5.90. The molecule has 0 bridgehead atoms. The summed E-state index contributed by atoms with van der Waals surface area (Å²) in [5.74, 6) is 0. The van der Waals surface area contributed by atoms with Gasteiger partial charge in [-0.15, -0.1) is 0 Å². The molecule has 1 heterocycles. The number of nitrogens with zero attached hydrogens (tertiary/aromatic N) is 1. The molecule has 0 saturated heterocycles. The van der Waals surface area contributed by atoms with Gasteiger partial charge in [0.05, 0.1) is 0 Å². The van der Waals surface area contributed by atoms with Crippen molar-refractivity contribution < 1.29 is 5.11 Å². The van der Waals surface area contributed by atoms with Gasteiger partial charge in [-0.05, 0) is 40.8 Å². The van der Waals surface area contributed by atoms with E-state index in [0.717, 1.165) is 26.4 Å². The Kier molecular flexibility index (Phi) is 3.74. The van der Waals surface area contributed by atoms with E-state index in [1.807, 2.05) is 30.3 Å². The van der Waals surface area contributed by atoms with E-state index in [2.05, 4.69) is 20.9 Å². The number of aliphatic hydroxyl groups excluding tert-OH is 1. The molecule has 20 heavy (non-hydrogen) atoms. The first-order valence-electron chi connectivity index (χ1n) is 6.12. The molecule has 0 fully saturated rings. The van der Waals surface area contributed by atoms with E-state index in [4.69, 9.17) is 11.6 Å². The van der Waals surface area contributed by atoms with Crippen molar-refractivity contribution in [2.45, 2.75) is 6.10 Å². The van der Waals surface area contributed by atoms with E-state index in [9.17, 15) is 5.11 Å². The molecule has 0 aliphatic carbocycles. The van der Waals surface area contributed by atoms with E-state index in [0.29, 0.717) is 5.02 Å². The van der Waals surface area contributed by atoms with Gasteiger partial charge >= 0.3 is 0 Å². The van der Waals surface area contributed by atoms with E-state index in [-0.39, 0.29) is 0 Å². The molecule has 0 aliphatic heterocycles. The molecule has 3 aromatic rings. The maximum Gasteiger partial charge on any atom is 0.105 e. The standard InChI is InChI=1S/C16H11BrClNO/c17-12-6-11(7-13(18)8-12)16(20)15-3-1-2-10-9-19-5-4-14(10)15/h1-9,16,20H. The Morgan fingerprint density at radius 2 is 2.00 bits per heavy atom. The lowest BCUT2D eigenvalue weighted by Crippen LogP contribution is -2.00. The highest BCUT2D eigenvalue weighted by molar-refractivity contribution is 9.10. The maximum atomic E-state index is 10.6. The van der Waals surface area contributed by atoms with Gasteiger partial charge in [0.15, 0.2) is 0 Å². The average Bonchev–Trinajstić information content (AvgIpc) is 2.45. The molecule has 0 aliphatic rings. The Balaban J connectivity index is 2.15. The van der Waals surface area contributed by atoms with Crippen molar-refractivity contribution in [3.8, 4) is 0 Å². The topological polar surface area (TPSA) is 33.1 Å². The number of aliphatic hydroxyl groups is 1. The molecule has 0 amide bonds. The molecule has 1 N–H and O–H groups in total. The van der Waals surface area contributed by atoms with Crippen molar-refractivity contribution in [1.82, 2.24) is 4.98 Å². The molecule has 0 saturated carbocycles. The van der Waals surface area contributed by atoms with E-state index in [1.54, 1.807) is 24.5 Å². The maximum absolute atomic E-state index is 10.6. The summed E-state index contributed by atoms with van der Waals surface area (Å²) in [7, 11) is 0. The minimum atomic E-state index is -0.726. The number of aromatic nitrogens is 1. The highest BCUT2D eigenvalue weighted by Gasteiger charge is 2.14. The molecule has 1 atom stereocenters. The molecule has 1 aromatic heterocycles. The van der Waals surface area contributed by atoms with Gasteiger partial charge in [-0.1, -0.05) is 45.7 Å². The molecular formula is C16H11BrClNO. The van der Waals surface area contributed by atoms with Crippen molar-refractivity contribution in [3.63, 3.8) is 0 Å².